The molecule has 0 saturated carbocycles. The third-order valence-corrected chi connectivity index (χ3v) is 16.0. The summed E-state index contributed by atoms with van der Waals surface area (Å²) in [6.45, 7) is 1.56. The predicted octanol–water partition coefficient (Wildman–Crippen LogP) is 3.74. The van der Waals surface area contributed by atoms with Gasteiger partial charge in [0.05, 0.1) is 49.1 Å². The van der Waals surface area contributed by atoms with Gasteiger partial charge in [-0.2, -0.15) is 0 Å². The molecule has 24 nitrogen and oxygen atoms in total. The molecule has 0 spiro atoms. The number of nitrogens with one attached hydrogen (secondary N) is 6. The van der Waals surface area contributed by atoms with Crippen LogP contribution < -0.4 is 31.9 Å². The average molecular weight is 1210 g/mol. The maximum absolute atomic E-state index is 15.4. The fourth-order valence-electron chi connectivity index (χ4n) is 10.9. The molecule has 456 valence electrons. The fourth-order valence-corrected chi connectivity index (χ4v) is 11.2. The second-order valence-corrected chi connectivity index (χ2v) is 21.9. The molecule has 7 N–H and O–H groups in total. The summed E-state index contributed by atoms with van der Waals surface area (Å²) in [6, 6.07) is 16.6. The van der Waals surface area contributed by atoms with Crippen molar-refractivity contribution in [1.82, 2.24) is 45.9 Å². The molecule has 9 amide bonds. The van der Waals surface area contributed by atoms with Crippen LogP contribution in [0.15, 0.2) is 78.9 Å². The highest BCUT2D eigenvalue weighted by Crippen LogP contribution is 2.47. The second kappa shape index (κ2) is 27.4. The molecule has 4 aliphatic rings. The first kappa shape index (κ1) is 62.3. The Bertz CT molecular complexity index is 3670. The van der Waals surface area contributed by atoms with E-state index in [4.69, 9.17) is 31.4 Å². The van der Waals surface area contributed by atoms with E-state index in [0.29, 0.717) is 87.2 Å². The first-order valence-electron chi connectivity index (χ1n) is 28.4. The van der Waals surface area contributed by atoms with Gasteiger partial charge < -0.3 is 55.8 Å². The molecule has 3 aliphatic heterocycles. The summed E-state index contributed by atoms with van der Waals surface area (Å²) in [4.78, 5) is 134. The molecule has 26 heteroatoms. The molecule has 0 fully saturated rings. The number of fused-ring (bicyclic) bond motifs is 5. The van der Waals surface area contributed by atoms with Gasteiger partial charge in [0.1, 0.15) is 43.1 Å². The van der Waals surface area contributed by atoms with Gasteiger partial charge in [0, 0.05) is 72.4 Å². The number of carbonyl (C=O) groups excluding carboxylic acids is 10. The molecular weight excluding hydrogens is 1150 g/mol. The molecule has 3 atom stereocenters. The standard InChI is InChI=1S/C61H65FN10O14S/c1-4-61(83)41-24-46-56-39(29-72(46)58(87)40(41)31-85-59(61)81)55-43(19-18-38-34(2)42(62)25-44(69-56)54(38)55)67-51(77)32-84-33-70(3)60(82)86-30-36-14-16-37(17-15-36)66-49(75)28-65-57(80)45(23-35-11-7-5-8-12-35)68-50(76)27-64-48(74)26-63-47(73)13-9-6-10-22-71-52(78)20-21-53(71)79/h5,7-8,11-12,14-17,20-21,24-25,43,45,83H,4,6,9-10,13,18-19,22-23,26-33H2,1-3H3,(H,63,73)(H,64,74)(H,65,80)(H,66,75)(H,67,77)(H,68,76)/t43-,45+,61+/m1/s1. The van der Waals surface area contributed by atoms with E-state index in [1.54, 1.807) is 74.5 Å². The van der Waals surface area contributed by atoms with E-state index in [1.165, 1.54) is 25.3 Å². The van der Waals surface area contributed by atoms with Crippen molar-refractivity contribution in [3.63, 3.8) is 0 Å². The Morgan fingerprint density at radius 2 is 1.57 bits per heavy atom. The molecule has 5 aromatic rings. The Labute approximate surface area is 503 Å². The smallest absolute Gasteiger partial charge is 0.411 e. The lowest BCUT2D eigenvalue weighted by Gasteiger charge is -2.32. The number of rotatable bonds is 25. The summed E-state index contributed by atoms with van der Waals surface area (Å²) >= 11 is 5.93. The predicted molar refractivity (Wildman–Crippen MR) is 312 cm³/mol. The van der Waals surface area contributed by atoms with Crippen LogP contribution in [0.4, 0.5) is 14.9 Å². The number of nitrogens with zero attached hydrogens (tertiary/aromatic N) is 4. The number of imide groups is 1. The van der Waals surface area contributed by atoms with Crippen LogP contribution >= 0.6 is 12.2 Å². The normalized spacial score (nSPS) is 16.4. The molecule has 0 bridgehead atoms. The Hall–Kier alpha value is -9.27. The molecule has 9 rings (SSSR count). The summed E-state index contributed by atoms with van der Waals surface area (Å²) in [5.41, 5.74) is 4.81. The molecule has 87 heavy (non-hydrogen) atoms. The number of aliphatic hydroxyl groups is 1. The molecule has 2 aromatic heterocycles. The quantitative estimate of drug-likeness (QED) is 0.0141. The Morgan fingerprint density at radius 3 is 2.31 bits per heavy atom. The van der Waals surface area contributed by atoms with E-state index in [0.717, 1.165) is 31.9 Å². The molecule has 0 radical (unpaired) electrons. The minimum atomic E-state index is -1.92. The van der Waals surface area contributed by atoms with Gasteiger partial charge in [0.15, 0.2) is 5.60 Å². The third kappa shape index (κ3) is 14.4. The van der Waals surface area contributed by atoms with Crippen LogP contribution in [0.3, 0.4) is 0 Å². The third-order valence-electron chi connectivity index (χ3n) is 15.6. The van der Waals surface area contributed by atoms with Crippen LogP contribution in [0.2, 0.25) is 0 Å². The first-order chi connectivity index (χ1) is 41.7. The second-order valence-electron chi connectivity index (χ2n) is 21.5. The SMILES string of the molecule is CC[C@@]1(O)C(=O)OCc2c1cc1n(c2=S)Cc2c-1nc1cc(F)c(C)c3c1c2[C@H](NC(=O)COCN(C)C(=O)OCc1ccc(NC(=O)CNC(=O)[C@H](Cc2ccccc2)NC(=O)CNC(=O)CNC(=O)CCCCCN2C(=O)C=CC2=O)cc1)CC3. The number of halogens is 1. The van der Waals surface area contributed by atoms with E-state index in [9.17, 15) is 53.1 Å². The number of ether oxygens (including phenoxy) is 3. The van der Waals surface area contributed by atoms with Crippen molar-refractivity contribution in [2.24, 2.45) is 0 Å². The zero-order chi connectivity index (χ0) is 62.1. The van der Waals surface area contributed by atoms with Gasteiger partial charge in [-0.05, 0) is 85.0 Å². The van der Waals surface area contributed by atoms with Gasteiger partial charge in [-0.15, -0.1) is 0 Å². The minimum absolute atomic E-state index is 0.0462. The lowest BCUT2D eigenvalue weighted by Crippen LogP contribution is -2.52. The highest BCUT2D eigenvalue weighted by molar-refractivity contribution is 7.71. The molecule has 3 aromatic carbocycles. The zero-order valence-corrected chi connectivity index (χ0v) is 48.8. The Morgan fingerprint density at radius 1 is 0.862 bits per heavy atom. The van der Waals surface area contributed by atoms with Gasteiger partial charge >= 0.3 is 12.1 Å². The molecule has 5 heterocycles. The van der Waals surface area contributed by atoms with Crippen LogP contribution in [0, 0.1) is 17.4 Å². The molecule has 1 aliphatic carbocycles. The van der Waals surface area contributed by atoms with E-state index >= 15 is 4.39 Å². The first-order valence-corrected chi connectivity index (χ1v) is 28.8. The van der Waals surface area contributed by atoms with Crippen molar-refractivity contribution in [3.05, 3.63) is 134 Å². The van der Waals surface area contributed by atoms with Gasteiger partial charge in [-0.3, -0.25) is 48.2 Å². The monoisotopic (exact) mass is 1210 g/mol. The summed E-state index contributed by atoms with van der Waals surface area (Å²) < 4.78 is 34.1. The van der Waals surface area contributed by atoms with Crippen molar-refractivity contribution in [3.8, 4) is 11.4 Å². The summed E-state index contributed by atoms with van der Waals surface area (Å²) in [7, 11) is 1.43. The van der Waals surface area contributed by atoms with Gasteiger partial charge in [-0.25, -0.2) is 19.0 Å². The minimum Gasteiger partial charge on any atom is -0.458 e. The van der Waals surface area contributed by atoms with Crippen LogP contribution in [0.25, 0.3) is 22.3 Å². The van der Waals surface area contributed by atoms with Crippen LogP contribution in [-0.4, -0.2) is 136 Å². The highest BCUT2D eigenvalue weighted by Gasteiger charge is 2.45. The van der Waals surface area contributed by atoms with Crippen LogP contribution in [0.5, 0.6) is 0 Å². The van der Waals surface area contributed by atoms with Gasteiger partial charge in [0.2, 0.25) is 35.4 Å². The number of aryl methyl sites for hydroxylation is 1. The molecule has 0 saturated heterocycles. The number of hydrogen-bond acceptors (Lipinski definition) is 16. The van der Waals surface area contributed by atoms with Crippen LogP contribution in [0.1, 0.15) is 96.0 Å². The maximum Gasteiger partial charge on any atom is 0.411 e. The number of aromatic nitrogens is 2. The number of cyclic esters (lactones) is 1. The zero-order valence-electron chi connectivity index (χ0n) is 48.0. The number of amides is 9. The van der Waals surface area contributed by atoms with Gasteiger partial charge in [0.25, 0.3) is 11.8 Å². The lowest BCUT2D eigenvalue weighted by atomic mass is 9.81. The largest absolute Gasteiger partial charge is 0.458 e. The summed E-state index contributed by atoms with van der Waals surface area (Å²) in [5, 5.41) is 28.0. The van der Waals surface area contributed by atoms with Crippen molar-refractivity contribution in [2.75, 3.05) is 51.9 Å². The molecular formula is C61H65FN10O14S. The van der Waals surface area contributed by atoms with Crippen molar-refractivity contribution >= 4 is 88.1 Å². The summed E-state index contributed by atoms with van der Waals surface area (Å²) in [5.74, 6) is -5.40. The number of esters is 1. The number of anilines is 1. The van der Waals surface area contributed by atoms with Crippen molar-refractivity contribution in [1.29, 1.82) is 0 Å². The van der Waals surface area contributed by atoms with Crippen molar-refractivity contribution < 1.29 is 71.7 Å². The number of carbonyl (C=O) groups is 10. The van der Waals surface area contributed by atoms with E-state index in [1.807, 2.05) is 4.57 Å². The summed E-state index contributed by atoms with van der Waals surface area (Å²) in [6.07, 6.45) is 4.33. The number of benzene rings is 3. The lowest BCUT2D eigenvalue weighted by molar-refractivity contribution is -0.172. The average Bonchev–Trinajstić information content (AvgIpc) is 1.66. The molecule has 0 unspecified atom stereocenters. The number of hydrogen-bond donors (Lipinski definition) is 7. The highest BCUT2D eigenvalue weighted by atomic mass is 32.1. The van der Waals surface area contributed by atoms with E-state index in [2.05, 4.69) is 31.9 Å². The topological polar surface area (TPSA) is 315 Å². The maximum atomic E-state index is 15.4. The van der Waals surface area contributed by atoms with Gasteiger partial charge in [-0.1, -0.05) is 68.0 Å². The number of unbranched alkanes of at least 4 members (excludes halogenated alkanes) is 2. The van der Waals surface area contributed by atoms with E-state index in [-0.39, 0.29) is 64.1 Å². The fraction of sp³-hybridized carbons (Fsp3) is 0.377. The Balaban J connectivity index is 0.700. The van der Waals surface area contributed by atoms with E-state index < -0.39 is 97.2 Å². The van der Waals surface area contributed by atoms with Crippen LogP contribution in [-0.2, 0) is 95.6 Å². The van der Waals surface area contributed by atoms with Crippen molar-refractivity contribution in [2.45, 2.75) is 103 Å². The number of pyridine rings is 2. The Kier molecular flexibility index (Phi) is 19.6.